The van der Waals surface area contributed by atoms with Crippen molar-refractivity contribution in [3.63, 3.8) is 0 Å². The summed E-state index contributed by atoms with van der Waals surface area (Å²) in [6, 6.07) is 12.1. The molecule has 0 radical (unpaired) electrons. The Bertz CT molecular complexity index is 1030. The van der Waals surface area contributed by atoms with Crippen LogP contribution in [0.15, 0.2) is 55.1 Å². The molecule has 0 amide bonds. The second-order valence-electron chi connectivity index (χ2n) is 6.23. The molecule has 3 aromatic heterocycles. The quantitative estimate of drug-likeness (QED) is 0.568. The van der Waals surface area contributed by atoms with E-state index in [1.54, 1.807) is 23.7 Å². The summed E-state index contributed by atoms with van der Waals surface area (Å²) >= 11 is 1.58. The molecule has 1 aromatic carbocycles. The van der Waals surface area contributed by atoms with Gasteiger partial charge in [0.05, 0.1) is 4.88 Å². The second kappa shape index (κ2) is 6.82. The van der Waals surface area contributed by atoms with Gasteiger partial charge in [0.15, 0.2) is 5.82 Å². The fraction of sp³-hybridized carbons (Fsp3) is 0.150. The molecule has 2 N–H and O–H groups in total. The standard InChI is InChI=1S/C20H18N4OS/c1-12-3-4-15(13(2)9-12)18(25)16-10-17(14-5-7-21-8-6-14)26-19(16)20-22-11-23-24-20/h3-11,18,25H,1-2H3,(H,22,23,24). The molecular formula is C20H18N4OS. The van der Waals surface area contributed by atoms with Gasteiger partial charge < -0.3 is 5.11 Å². The van der Waals surface area contributed by atoms with Gasteiger partial charge in [-0.1, -0.05) is 23.8 Å². The van der Waals surface area contributed by atoms with Crippen LogP contribution < -0.4 is 0 Å². The second-order valence-corrected chi connectivity index (χ2v) is 7.28. The van der Waals surface area contributed by atoms with Crippen molar-refractivity contribution in [3.8, 4) is 21.1 Å². The van der Waals surface area contributed by atoms with E-state index in [9.17, 15) is 5.11 Å². The number of aryl methyl sites for hydroxylation is 2. The van der Waals surface area contributed by atoms with Crippen LogP contribution in [0, 0.1) is 13.8 Å². The van der Waals surface area contributed by atoms with Crippen molar-refractivity contribution in [1.29, 1.82) is 0 Å². The number of nitrogens with zero attached hydrogens (tertiary/aromatic N) is 3. The molecule has 6 heteroatoms. The molecule has 4 rings (SSSR count). The van der Waals surface area contributed by atoms with Gasteiger partial charge in [-0.2, -0.15) is 5.10 Å². The Hall–Kier alpha value is -2.83. The number of aromatic amines is 1. The molecule has 0 aliphatic carbocycles. The summed E-state index contributed by atoms with van der Waals surface area (Å²) in [4.78, 5) is 10.3. The zero-order valence-corrected chi connectivity index (χ0v) is 15.3. The van der Waals surface area contributed by atoms with Crippen LogP contribution in [0.2, 0.25) is 0 Å². The predicted molar refractivity (Wildman–Crippen MR) is 103 cm³/mol. The fourth-order valence-corrected chi connectivity index (χ4v) is 4.21. The molecule has 0 aliphatic heterocycles. The smallest absolute Gasteiger partial charge is 0.165 e. The lowest BCUT2D eigenvalue weighted by molar-refractivity contribution is 0.220. The Labute approximate surface area is 155 Å². The van der Waals surface area contributed by atoms with Crippen LogP contribution in [-0.4, -0.2) is 25.3 Å². The zero-order valence-electron chi connectivity index (χ0n) is 14.5. The van der Waals surface area contributed by atoms with Crippen LogP contribution in [0.5, 0.6) is 0 Å². The molecule has 5 nitrogen and oxygen atoms in total. The maximum atomic E-state index is 11.1. The molecule has 26 heavy (non-hydrogen) atoms. The number of aliphatic hydroxyl groups is 1. The summed E-state index contributed by atoms with van der Waals surface area (Å²) in [5.41, 5.74) is 5.03. The third-order valence-corrected chi connectivity index (χ3v) is 5.58. The number of hydrogen-bond donors (Lipinski definition) is 2. The van der Waals surface area contributed by atoms with Crippen molar-refractivity contribution < 1.29 is 5.11 Å². The molecular weight excluding hydrogens is 344 g/mol. The minimum Gasteiger partial charge on any atom is -0.384 e. The van der Waals surface area contributed by atoms with Crippen LogP contribution in [0.1, 0.15) is 28.4 Å². The third-order valence-electron chi connectivity index (χ3n) is 4.37. The summed E-state index contributed by atoms with van der Waals surface area (Å²) in [5, 5.41) is 18.0. The van der Waals surface area contributed by atoms with Gasteiger partial charge in [-0.3, -0.25) is 10.1 Å². The van der Waals surface area contributed by atoms with Crippen LogP contribution in [0.4, 0.5) is 0 Å². The van der Waals surface area contributed by atoms with Crippen LogP contribution >= 0.6 is 11.3 Å². The first-order valence-corrected chi connectivity index (χ1v) is 9.10. The van der Waals surface area contributed by atoms with E-state index in [0.29, 0.717) is 5.82 Å². The Balaban J connectivity index is 1.85. The van der Waals surface area contributed by atoms with Gasteiger partial charge in [-0.05, 0) is 48.7 Å². The molecule has 1 unspecified atom stereocenters. The SMILES string of the molecule is Cc1ccc(C(O)c2cc(-c3ccncc3)sc2-c2ncn[nH]2)c(C)c1. The zero-order chi connectivity index (χ0) is 18.1. The van der Waals surface area contributed by atoms with Crippen molar-refractivity contribution in [3.05, 3.63) is 77.4 Å². The molecule has 0 aliphatic rings. The van der Waals surface area contributed by atoms with Crippen molar-refractivity contribution >= 4 is 11.3 Å². The number of aliphatic hydroxyl groups excluding tert-OH is 1. The lowest BCUT2D eigenvalue weighted by atomic mass is 9.96. The predicted octanol–water partition coefficient (Wildman–Crippen LogP) is 4.29. The molecule has 0 bridgehead atoms. The molecule has 4 aromatic rings. The molecule has 0 saturated carbocycles. The van der Waals surface area contributed by atoms with Gasteiger partial charge >= 0.3 is 0 Å². The number of pyridine rings is 1. The fourth-order valence-electron chi connectivity index (χ4n) is 3.07. The Morgan fingerprint density at radius 2 is 1.85 bits per heavy atom. The molecule has 0 spiro atoms. The highest BCUT2D eigenvalue weighted by Crippen LogP contribution is 2.41. The van der Waals surface area contributed by atoms with Crippen LogP contribution in [-0.2, 0) is 0 Å². The van der Waals surface area contributed by atoms with Gasteiger partial charge in [0.2, 0.25) is 0 Å². The first-order chi connectivity index (χ1) is 12.6. The van der Waals surface area contributed by atoms with E-state index in [1.165, 1.54) is 11.9 Å². The maximum absolute atomic E-state index is 11.1. The number of benzene rings is 1. The average molecular weight is 362 g/mol. The van der Waals surface area contributed by atoms with E-state index >= 15 is 0 Å². The highest BCUT2D eigenvalue weighted by Gasteiger charge is 2.22. The third kappa shape index (κ3) is 3.05. The molecule has 130 valence electrons. The van der Waals surface area contributed by atoms with Gasteiger partial charge in [-0.25, -0.2) is 4.98 Å². The number of hydrogen-bond acceptors (Lipinski definition) is 5. The monoisotopic (exact) mass is 362 g/mol. The number of thiophene rings is 1. The molecule has 3 heterocycles. The van der Waals surface area contributed by atoms with Crippen molar-refractivity contribution in [2.75, 3.05) is 0 Å². The summed E-state index contributed by atoms with van der Waals surface area (Å²) in [6.07, 6.45) is 4.28. The van der Waals surface area contributed by atoms with Crippen molar-refractivity contribution in [2.45, 2.75) is 20.0 Å². The topological polar surface area (TPSA) is 74.7 Å². The van der Waals surface area contributed by atoms with Crippen molar-refractivity contribution in [1.82, 2.24) is 20.2 Å². The minimum atomic E-state index is -0.734. The number of aromatic nitrogens is 4. The van der Waals surface area contributed by atoms with Crippen LogP contribution in [0.25, 0.3) is 21.1 Å². The van der Waals surface area contributed by atoms with Crippen LogP contribution in [0.3, 0.4) is 0 Å². The average Bonchev–Trinajstić information content (AvgIpc) is 3.31. The summed E-state index contributed by atoms with van der Waals surface area (Å²) in [6.45, 7) is 4.07. The van der Waals surface area contributed by atoms with Gasteiger partial charge in [0, 0.05) is 22.8 Å². The van der Waals surface area contributed by atoms with Gasteiger partial charge in [0.25, 0.3) is 0 Å². The highest BCUT2D eigenvalue weighted by molar-refractivity contribution is 7.19. The molecule has 1 atom stereocenters. The Morgan fingerprint density at radius 1 is 1.04 bits per heavy atom. The Morgan fingerprint density at radius 3 is 2.54 bits per heavy atom. The normalized spacial score (nSPS) is 12.3. The van der Waals surface area contributed by atoms with Gasteiger partial charge in [0.1, 0.15) is 12.4 Å². The maximum Gasteiger partial charge on any atom is 0.165 e. The first-order valence-electron chi connectivity index (χ1n) is 8.28. The minimum absolute atomic E-state index is 0.661. The number of rotatable bonds is 4. The van der Waals surface area contributed by atoms with E-state index < -0.39 is 6.10 Å². The van der Waals surface area contributed by atoms with E-state index in [2.05, 4.69) is 33.2 Å². The highest BCUT2D eigenvalue weighted by atomic mass is 32.1. The molecule has 0 fully saturated rings. The van der Waals surface area contributed by atoms with Crippen molar-refractivity contribution in [2.24, 2.45) is 0 Å². The summed E-state index contributed by atoms with van der Waals surface area (Å²) in [5.74, 6) is 0.661. The van der Waals surface area contributed by atoms with E-state index in [-0.39, 0.29) is 0 Å². The summed E-state index contributed by atoms with van der Waals surface area (Å²) < 4.78 is 0. The molecule has 0 saturated heterocycles. The van der Waals surface area contributed by atoms with E-state index in [1.807, 2.05) is 37.3 Å². The number of H-pyrrole nitrogens is 1. The van der Waals surface area contributed by atoms with E-state index in [0.717, 1.165) is 32.0 Å². The largest absolute Gasteiger partial charge is 0.384 e. The Kier molecular flexibility index (Phi) is 4.36. The first kappa shape index (κ1) is 16.6. The number of nitrogens with one attached hydrogen (secondary N) is 1. The lowest BCUT2D eigenvalue weighted by Gasteiger charge is -2.14. The lowest BCUT2D eigenvalue weighted by Crippen LogP contribution is -2.02. The summed E-state index contributed by atoms with van der Waals surface area (Å²) in [7, 11) is 0. The van der Waals surface area contributed by atoms with Gasteiger partial charge in [-0.15, -0.1) is 11.3 Å². The van der Waals surface area contributed by atoms with E-state index in [4.69, 9.17) is 0 Å².